The van der Waals surface area contributed by atoms with Crippen LogP contribution in [0.25, 0.3) is 0 Å². The summed E-state index contributed by atoms with van der Waals surface area (Å²) in [5.74, 6) is -2.64. The van der Waals surface area contributed by atoms with Gasteiger partial charge in [0.2, 0.25) is 23.6 Å². The molecule has 4 amide bonds. The number of fused-ring (bicyclic) bond motifs is 2. The minimum atomic E-state index is -0.438. The predicted molar refractivity (Wildman–Crippen MR) is 111 cm³/mol. The van der Waals surface area contributed by atoms with E-state index in [1.165, 1.54) is 9.80 Å². The van der Waals surface area contributed by atoms with Gasteiger partial charge in [0.15, 0.2) is 0 Å². The summed E-state index contributed by atoms with van der Waals surface area (Å²) in [6, 6.07) is 0. The Balaban J connectivity index is 1.47. The van der Waals surface area contributed by atoms with Gasteiger partial charge in [0.25, 0.3) is 0 Å². The quantitative estimate of drug-likeness (QED) is 0.457. The zero-order valence-electron chi connectivity index (χ0n) is 16.4. The van der Waals surface area contributed by atoms with E-state index < -0.39 is 23.7 Å². The zero-order chi connectivity index (χ0) is 21.6. The fraction of sp³-hybridized carbons (Fsp3) is 0.524. The van der Waals surface area contributed by atoms with Crippen molar-refractivity contribution in [1.29, 1.82) is 0 Å². The largest absolute Gasteiger partial charge is 0.274 e. The molecule has 0 aromatic rings. The molecule has 0 radical (unpaired) electrons. The van der Waals surface area contributed by atoms with Gasteiger partial charge in [-0.3, -0.25) is 33.9 Å². The first-order chi connectivity index (χ1) is 14.3. The van der Waals surface area contributed by atoms with Crippen LogP contribution in [0, 0.1) is 23.7 Å². The summed E-state index contributed by atoms with van der Waals surface area (Å²) in [4.78, 5) is 55.5. The highest BCUT2D eigenvalue weighted by atomic mass is 35.5. The summed E-state index contributed by atoms with van der Waals surface area (Å²) < 4.78 is 0. The van der Waals surface area contributed by atoms with Crippen molar-refractivity contribution in [2.75, 3.05) is 19.9 Å². The average molecular weight is 452 g/mol. The van der Waals surface area contributed by atoms with Crippen molar-refractivity contribution >= 4 is 46.8 Å². The zero-order valence-corrected chi connectivity index (χ0v) is 17.9. The van der Waals surface area contributed by atoms with Crippen LogP contribution in [0.1, 0.15) is 25.7 Å². The molecule has 2 aliphatic carbocycles. The number of likely N-dealkylation sites (tertiary alicyclic amines) is 2. The molecule has 0 aromatic carbocycles. The summed E-state index contributed by atoms with van der Waals surface area (Å²) in [6.07, 6.45) is 6.85. The molecule has 30 heavy (non-hydrogen) atoms. The van der Waals surface area contributed by atoms with Crippen LogP contribution < -0.4 is 0 Å². The Morgan fingerprint density at radius 3 is 1.63 bits per heavy atom. The van der Waals surface area contributed by atoms with E-state index in [9.17, 15) is 19.2 Å². The maximum atomic E-state index is 12.8. The van der Waals surface area contributed by atoms with E-state index in [0.717, 1.165) is 0 Å². The second-order valence-corrected chi connectivity index (χ2v) is 9.21. The number of halogens is 2. The third-order valence-corrected chi connectivity index (χ3v) is 7.01. The normalized spacial score (nSPS) is 31.2. The van der Waals surface area contributed by atoms with Gasteiger partial charge in [-0.1, -0.05) is 41.4 Å². The number of imide groups is 2. The molecule has 0 aromatic heterocycles. The molecule has 4 rings (SSSR count). The lowest BCUT2D eigenvalue weighted by Gasteiger charge is -2.29. The molecular formula is C21H23Cl2N3O4. The molecule has 2 saturated heterocycles. The second-order valence-electron chi connectivity index (χ2n) is 8.24. The van der Waals surface area contributed by atoms with Crippen LogP contribution in [0.3, 0.4) is 0 Å². The fourth-order valence-corrected chi connectivity index (χ4v) is 5.32. The molecule has 2 heterocycles. The molecule has 2 fully saturated rings. The molecule has 160 valence electrons. The SMILES string of the molecule is C=CCN(CN1C(=O)[C@H]2CC=C(Cl)C[C@@H]2C1=O)CN1C(=O)[C@H]2CC=C(Cl)C[C@@H]2C1=O. The smallest absolute Gasteiger partial charge is 0.234 e. The molecule has 9 heteroatoms. The second kappa shape index (κ2) is 8.29. The lowest BCUT2D eigenvalue weighted by molar-refractivity contribution is -0.145. The highest BCUT2D eigenvalue weighted by Crippen LogP contribution is 2.40. The standard InChI is InChI=1S/C21H23Cl2N3O4/c1-2-7-24(10-25-18(27)14-5-3-12(22)8-16(14)20(25)29)11-26-19(28)15-6-4-13(23)9-17(15)21(26)30/h2-4,14-17H,1,5-11H2/t14-,15-,16-,17-/m0/s1. The first-order valence-electron chi connectivity index (χ1n) is 10.0. The maximum absolute atomic E-state index is 12.8. The van der Waals surface area contributed by atoms with E-state index in [-0.39, 0.29) is 37.0 Å². The summed E-state index contributed by atoms with van der Waals surface area (Å²) in [6.45, 7) is 4.04. The Bertz CT molecular complexity index is 817. The minimum absolute atomic E-state index is 0.000292. The molecule has 0 bridgehead atoms. The van der Waals surface area contributed by atoms with E-state index in [1.54, 1.807) is 23.1 Å². The van der Waals surface area contributed by atoms with E-state index in [1.807, 2.05) is 0 Å². The van der Waals surface area contributed by atoms with Gasteiger partial charge < -0.3 is 0 Å². The van der Waals surface area contributed by atoms with Gasteiger partial charge in [0, 0.05) is 16.6 Å². The van der Waals surface area contributed by atoms with Gasteiger partial charge in [-0.05, 0) is 25.7 Å². The Morgan fingerprint density at radius 1 is 0.833 bits per heavy atom. The van der Waals surface area contributed by atoms with Crippen molar-refractivity contribution < 1.29 is 19.2 Å². The Hall–Kier alpha value is -1.96. The van der Waals surface area contributed by atoms with Crippen LogP contribution in [0.15, 0.2) is 34.9 Å². The molecule has 7 nitrogen and oxygen atoms in total. The van der Waals surface area contributed by atoms with Crippen LogP contribution in [-0.2, 0) is 19.2 Å². The van der Waals surface area contributed by atoms with Crippen molar-refractivity contribution in [3.8, 4) is 0 Å². The number of rotatable bonds is 6. The number of amides is 4. The third kappa shape index (κ3) is 3.63. The van der Waals surface area contributed by atoms with Gasteiger partial charge in [-0.15, -0.1) is 6.58 Å². The predicted octanol–water partition coefficient (Wildman–Crippen LogP) is 2.42. The van der Waals surface area contributed by atoms with Gasteiger partial charge in [0.05, 0.1) is 37.0 Å². The number of allylic oxidation sites excluding steroid dienone is 4. The van der Waals surface area contributed by atoms with Crippen LogP contribution in [0.4, 0.5) is 0 Å². The maximum Gasteiger partial charge on any atom is 0.234 e. The van der Waals surface area contributed by atoms with Gasteiger partial charge in [-0.2, -0.15) is 0 Å². The number of carbonyl (C=O) groups is 4. The van der Waals surface area contributed by atoms with Crippen LogP contribution in [0.5, 0.6) is 0 Å². The number of carbonyl (C=O) groups excluding carboxylic acids is 4. The third-order valence-electron chi connectivity index (χ3n) is 6.39. The van der Waals surface area contributed by atoms with Crippen LogP contribution in [0.2, 0.25) is 0 Å². The molecule has 4 atom stereocenters. The first-order valence-corrected chi connectivity index (χ1v) is 10.8. The molecule has 0 N–H and O–H groups in total. The highest BCUT2D eigenvalue weighted by molar-refractivity contribution is 6.30. The van der Waals surface area contributed by atoms with E-state index >= 15 is 0 Å². The lowest BCUT2D eigenvalue weighted by atomic mass is 9.85. The van der Waals surface area contributed by atoms with E-state index in [4.69, 9.17) is 23.2 Å². The van der Waals surface area contributed by atoms with Crippen LogP contribution >= 0.6 is 23.2 Å². The molecule has 2 aliphatic heterocycles. The number of hydrogen-bond donors (Lipinski definition) is 0. The van der Waals surface area contributed by atoms with Crippen LogP contribution in [-0.4, -0.2) is 58.2 Å². The van der Waals surface area contributed by atoms with Crippen molar-refractivity contribution in [3.05, 3.63) is 34.9 Å². The Kier molecular flexibility index (Phi) is 5.88. The Morgan fingerprint density at radius 2 is 1.23 bits per heavy atom. The monoisotopic (exact) mass is 451 g/mol. The number of nitrogens with zero attached hydrogens (tertiary/aromatic N) is 3. The molecular weight excluding hydrogens is 429 g/mol. The van der Waals surface area contributed by atoms with Crippen molar-refractivity contribution in [1.82, 2.24) is 14.7 Å². The topological polar surface area (TPSA) is 78.0 Å². The molecule has 0 unspecified atom stereocenters. The lowest BCUT2D eigenvalue weighted by Crippen LogP contribution is -2.48. The molecule has 0 spiro atoms. The number of hydrogen-bond acceptors (Lipinski definition) is 5. The summed E-state index contributed by atoms with van der Waals surface area (Å²) in [7, 11) is 0. The van der Waals surface area contributed by atoms with E-state index in [2.05, 4.69) is 6.58 Å². The summed E-state index contributed by atoms with van der Waals surface area (Å²) in [5.41, 5.74) is 0. The molecule has 0 saturated carbocycles. The van der Waals surface area contributed by atoms with Gasteiger partial charge >= 0.3 is 0 Å². The van der Waals surface area contributed by atoms with Gasteiger partial charge in [0.1, 0.15) is 0 Å². The fourth-order valence-electron chi connectivity index (χ4n) is 4.81. The van der Waals surface area contributed by atoms with Crippen molar-refractivity contribution in [2.45, 2.75) is 25.7 Å². The Labute approximate surface area is 184 Å². The minimum Gasteiger partial charge on any atom is -0.274 e. The van der Waals surface area contributed by atoms with Gasteiger partial charge in [-0.25, -0.2) is 0 Å². The first kappa shape index (κ1) is 21.3. The summed E-state index contributed by atoms with van der Waals surface area (Å²) >= 11 is 12.2. The van der Waals surface area contributed by atoms with E-state index in [0.29, 0.717) is 42.3 Å². The van der Waals surface area contributed by atoms with Crippen molar-refractivity contribution in [3.63, 3.8) is 0 Å². The van der Waals surface area contributed by atoms with Crippen molar-refractivity contribution in [2.24, 2.45) is 23.7 Å². The average Bonchev–Trinajstić information content (AvgIpc) is 3.08. The summed E-state index contributed by atoms with van der Waals surface area (Å²) in [5, 5.41) is 1.20. The molecule has 4 aliphatic rings. The highest BCUT2D eigenvalue weighted by Gasteiger charge is 2.50.